The third-order valence-corrected chi connectivity index (χ3v) is 6.33. The number of nitrogens with one attached hydrogen (secondary N) is 1. The summed E-state index contributed by atoms with van der Waals surface area (Å²) < 4.78 is 5.40. The molecule has 0 atom stereocenters. The average Bonchev–Trinajstić information content (AvgIpc) is 2.95. The fourth-order valence-electron chi connectivity index (χ4n) is 3.93. The van der Waals surface area contributed by atoms with E-state index in [4.69, 9.17) is 4.74 Å². The van der Waals surface area contributed by atoms with E-state index in [1.807, 2.05) is 13.8 Å². The molecule has 0 aliphatic heterocycles. The molecule has 0 aromatic heterocycles. The molecule has 4 aromatic carbocycles. The van der Waals surface area contributed by atoms with Crippen LogP contribution in [0, 0.1) is 10.1 Å². The number of aromatic hydroxyl groups is 1. The van der Waals surface area contributed by atoms with E-state index < -0.39 is 16.6 Å². The Morgan fingerprint density at radius 3 is 2.48 bits per heavy atom. The molecule has 4 rings (SSSR count). The Morgan fingerprint density at radius 1 is 1.02 bits per heavy atom. The molecular formula is C29H27N5O6. The first kappa shape index (κ1) is 27.7. The fourth-order valence-corrected chi connectivity index (χ4v) is 3.93. The highest BCUT2D eigenvalue weighted by Gasteiger charge is 2.20. The minimum atomic E-state index is -0.693. The number of ether oxygens (including phenoxy) is 1. The number of anilines is 1. The Balaban J connectivity index is 1.76. The number of phenols is 1. The Kier molecular flexibility index (Phi) is 8.04. The Morgan fingerprint density at radius 2 is 1.77 bits per heavy atom. The first-order valence-electron chi connectivity index (χ1n) is 12.3. The van der Waals surface area contributed by atoms with Gasteiger partial charge in [0.25, 0.3) is 17.5 Å². The van der Waals surface area contributed by atoms with E-state index in [-0.39, 0.29) is 40.3 Å². The van der Waals surface area contributed by atoms with Gasteiger partial charge in [-0.1, -0.05) is 30.3 Å². The zero-order chi connectivity index (χ0) is 29.0. The molecule has 11 nitrogen and oxygen atoms in total. The molecule has 2 N–H and O–H groups in total. The number of hydrogen-bond acceptors (Lipinski definition) is 8. The van der Waals surface area contributed by atoms with Gasteiger partial charge in [-0.2, -0.15) is 0 Å². The van der Waals surface area contributed by atoms with Crippen LogP contribution in [0.5, 0.6) is 11.5 Å². The largest absolute Gasteiger partial charge is 0.505 e. The molecule has 0 bridgehead atoms. The van der Waals surface area contributed by atoms with Crippen LogP contribution in [0.4, 0.5) is 22.7 Å². The van der Waals surface area contributed by atoms with Gasteiger partial charge in [-0.05, 0) is 49.6 Å². The highest BCUT2D eigenvalue weighted by atomic mass is 16.6. The van der Waals surface area contributed by atoms with Gasteiger partial charge in [0.2, 0.25) is 0 Å². The molecule has 0 radical (unpaired) electrons. The minimum Gasteiger partial charge on any atom is -0.505 e. The van der Waals surface area contributed by atoms with Crippen molar-refractivity contribution in [1.29, 1.82) is 0 Å². The predicted molar refractivity (Wildman–Crippen MR) is 151 cm³/mol. The van der Waals surface area contributed by atoms with Crippen LogP contribution in [0.15, 0.2) is 83.0 Å². The van der Waals surface area contributed by atoms with E-state index in [9.17, 15) is 24.8 Å². The van der Waals surface area contributed by atoms with Crippen molar-refractivity contribution < 1.29 is 24.4 Å². The van der Waals surface area contributed by atoms with E-state index >= 15 is 0 Å². The van der Waals surface area contributed by atoms with Gasteiger partial charge in [-0.3, -0.25) is 19.7 Å². The van der Waals surface area contributed by atoms with E-state index in [2.05, 4.69) is 15.5 Å². The summed E-state index contributed by atoms with van der Waals surface area (Å²) in [5.74, 6) is -0.976. The normalized spacial score (nSPS) is 11.1. The summed E-state index contributed by atoms with van der Waals surface area (Å²) in [6.45, 7) is 3.80. The van der Waals surface area contributed by atoms with Crippen LogP contribution in [0.2, 0.25) is 0 Å². The molecule has 0 unspecified atom stereocenters. The van der Waals surface area contributed by atoms with Gasteiger partial charge in [0.05, 0.1) is 17.6 Å². The lowest BCUT2D eigenvalue weighted by Crippen LogP contribution is -2.32. The fraction of sp³-hybridized carbons (Fsp3) is 0.172. The second-order valence-electron chi connectivity index (χ2n) is 9.20. The van der Waals surface area contributed by atoms with Crippen molar-refractivity contribution in [1.82, 2.24) is 4.90 Å². The maximum atomic E-state index is 13.1. The molecule has 0 aliphatic carbocycles. The minimum absolute atomic E-state index is 0.0149. The van der Waals surface area contributed by atoms with Crippen molar-refractivity contribution >= 4 is 45.3 Å². The lowest BCUT2D eigenvalue weighted by atomic mass is 10.0. The SMILES string of the molecule is COc1ccc(C(=O)N(C)C(C)C)cc1/N=N/c1c(O)c(C(=O)Nc2cccc([N+](=O)[O-])c2)cc2ccccc12. The summed E-state index contributed by atoms with van der Waals surface area (Å²) in [7, 11) is 3.16. The summed E-state index contributed by atoms with van der Waals surface area (Å²) in [4.78, 5) is 38.1. The topological polar surface area (TPSA) is 147 Å². The summed E-state index contributed by atoms with van der Waals surface area (Å²) in [6, 6.07) is 18.7. The molecule has 0 saturated heterocycles. The number of non-ortho nitro benzene ring substituents is 1. The number of fused-ring (bicyclic) bond motifs is 1. The number of rotatable bonds is 8. The Hall–Kier alpha value is -5.32. The molecule has 0 aliphatic rings. The Bertz CT molecular complexity index is 1650. The summed E-state index contributed by atoms with van der Waals surface area (Å²) in [5, 5.41) is 34.5. The van der Waals surface area contributed by atoms with Crippen LogP contribution in [-0.4, -0.2) is 46.9 Å². The van der Waals surface area contributed by atoms with Crippen molar-refractivity contribution in [2.24, 2.45) is 10.2 Å². The van der Waals surface area contributed by atoms with Crippen LogP contribution in [0.1, 0.15) is 34.6 Å². The molecule has 11 heteroatoms. The zero-order valence-electron chi connectivity index (χ0n) is 22.3. The number of carbonyl (C=O) groups excluding carboxylic acids is 2. The smallest absolute Gasteiger partial charge is 0.271 e. The molecule has 0 saturated carbocycles. The first-order valence-corrected chi connectivity index (χ1v) is 12.3. The number of benzene rings is 4. The van der Waals surface area contributed by atoms with E-state index in [0.29, 0.717) is 22.1 Å². The Labute approximate surface area is 229 Å². The van der Waals surface area contributed by atoms with Crippen molar-refractivity contribution in [3.05, 3.63) is 94.0 Å². The van der Waals surface area contributed by atoms with Gasteiger partial charge >= 0.3 is 0 Å². The molecule has 4 aromatic rings. The second kappa shape index (κ2) is 11.6. The number of azo groups is 1. The van der Waals surface area contributed by atoms with Crippen molar-refractivity contribution in [3.63, 3.8) is 0 Å². The molecule has 2 amide bonds. The summed E-state index contributed by atoms with van der Waals surface area (Å²) >= 11 is 0. The molecule has 204 valence electrons. The molecular weight excluding hydrogens is 514 g/mol. The van der Waals surface area contributed by atoms with Crippen LogP contribution in [0.25, 0.3) is 10.8 Å². The number of methoxy groups -OCH3 is 1. The van der Waals surface area contributed by atoms with Gasteiger partial charge in [-0.25, -0.2) is 0 Å². The van der Waals surface area contributed by atoms with Crippen molar-refractivity contribution in [3.8, 4) is 11.5 Å². The summed E-state index contributed by atoms with van der Waals surface area (Å²) in [6.07, 6.45) is 0. The molecule has 0 spiro atoms. The van der Waals surface area contributed by atoms with Crippen LogP contribution in [-0.2, 0) is 0 Å². The maximum absolute atomic E-state index is 13.1. The molecule has 0 fully saturated rings. The van der Waals surface area contributed by atoms with Gasteiger partial charge in [0.1, 0.15) is 17.1 Å². The van der Waals surface area contributed by atoms with E-state index in [0.717, 1.165) is 0 Å². The number of nitrogens with zero attached hydrogens (tertiary/aromatic N) is 4. The van der Waals surface area contributed by atoms with Gasteiger partial charge < -0.3 is 20.1 Å². The van der Waals surface area contributed by atoms with Crippen LogP contribution in [0.3, 0.4) is 0 Å². The average molecular weight is 542 g/mol. The predicted octanol–water partition coefficient (Wildman–Crippen LogP) is 6.61. The third kappa shape index (κ3) is 5.73. The van der Waals surface area contributed by atoms with Gasteiger partial charge in [0, 0.05) is 41.9 Å². The summed E-state index contributed by atoms with van der Waals surface area (Å²) in [5.41, 5.74) is 0.552. The quantitative estimate of drug-likeness (QED) is 0.146. The lowest BCUT2D eigenvalue weighted by Gasteiger charge is -2.21. The monoisotopic (exact) mass is 541 g/mol. The van der Waals surface area contributed by atoms with Crippen LogP contribution < -0.4 is 10.1 Å². The second-order valence-corrected chi connectivity index (χ2v) is 9.20. The van der Waals surface area contributed by atoms with Gasteiger partial charge in [0.15, 0.2) is 5.75 Å². The molecule has 40 heavy (non-hydrogen) atoms. The highest BCUT2D eigenvalue weighted by molar-refractivity contribution is 6.11. The van der Waals surface area contributed by atoms with Crippen molar-refractivity contribution in [2.45, 2.75) is 19.9 Å². The number of hydrogen-bond donors (Lipinski definition) is 2. The first-order chi connectivity index (χ1) is 19.1. The zero-order valence-corrected chi connectivity index (χ0v) is 22.3. The van der Waals surface area contributed by atoms with Crippen molar-refractivity contribution in [2.75, 3.05) is 19.5 Å². The number of nitro groups is 1. The number of phenolic OH excluding ortho intramolecular Hbond substituents is 1. The maximum Gasteiger partial charge on any atom is 0.271 e. The third-order valence-electron chi connectivity index (χ3n) is 6.33. The number of amides is 2. The lowest BCUT2D eigenvalue weighted by molar-refractivity contribution is -0.384. The van der Waals surface area contributed by atoms with E-state index in [1.54, 1.807) is 54.4 Å². The highest BCUT2D eigenvalue weighted by Crippen LogP contribution is 2.40. The molecule has 0 heterocycles. The number of carbonyl (C=O) groups is 2. The standard InChI is InChI=1S/C29H27N5O6/c1-17(2)33(3)29(37)19-12-13-25(40-4)24(15-19)31-32-26-22-11-6-5-8-18(22)14-23(27(26)35)28(36)30-20-9-7-10-21(16-20)34(38)39/h5-17,35H,1-4H3,(H,30,36)/b32-31+. The van der Waals surface area contributed by atoms with Crippen LogP contribution >= 0.6 is 0 Å². The van der Waals surface area contributed by atoms with Gasteiger partial charge in [-0.15, -0.1) is 10.2 Å². The number of nitro benzene ring substituents is 1. The van der Waals surface area contributed by atoms with E-state index in [1.165, 1.54) is 37.4 Å².